The minimum atomic E-state index is -0.438. The molecular formula is C18H28N2O. The van der Waals surface area contributed by atoms with Gasteiger partial charge in [0.15, 0.2) is 0 Å². The van der Waals surface area contributed by atoms with Gasteiger partial charge in [-0.15, -0.1) is 0 Å². The van der Waals surface area contributed by atoms with E-state index < -0.39 is 6.04 Å². The summed E-state index contributed by atoms with van der Waals surface area (Å²) in [4.78, 5) is 11.8. The maximum absolute atomic E-state index is 11.8. The number of carbonyl (C=O) groups excluding carboxylic acids is 1. The largest absolute Gasteiger partial charge is 0.354 e. The molecule has 1 aromatic rings. The Hall–Kier alpha value is -1.35. The van der Waals surface area contributed by atoms with Gasteiger partial charge in [0, 0.05) is 12.0 Å². The van der Waals surface area contributed by atoms with Crippen molar-refractivity contribution in [2.45, 2.75) is 63.8 Å². The Morgan fingerprint density at radius 2 is 1.76 bits per heavy atom. The number of carbonyl (C=O) groups is 1. The molecule has 1 aliphatic rings. The van der Waals surface area contributed by atoms with Crippen molar-refractivity contribution in [3.8, 4) is 0 Å². The highest BCUT2D eigenvalue weighted by molar-refractivity contribution is 5.81. The summed E-state index contributed by atoms with van der Waals surface area (Å²) in [5.74, 6) is 0.497. The van der Waals surface area contributed by atoms with E-state index in [-0.39, 0.29) is 11.3 Å². The van der Waals surface area contributed by atoms with E-state index in [0.29, 0.717) is 12.5 Å². The molecule has 0 aliphatic heterocycles. The Morgan fingerprint density at radius 3 is 2.24 bits per heavy atom. The lowest BCUT2D eigenvalue weighted by molar-refractivity contribution is -0.122. The Labute approximate surface area is 128 Å². The van der Waals surface area contributed by atoms with E-state index in [1.807, 2.05) is 0 Å². The minimum Gasteiger partial charge on any atom is -0.354 e. The zero-order chi connectivity index (χ0) is 15.5. The first-order chi connectivity index (χ1) is 9.94. The molecule has 1 amide bonds. The number of hydrogen-bond donors (Lipinski definition) is 2. The second-order valence-corrected chi connectivity index (χ2v) is 6.77. The summed E-state index contributed by atoms with van der Waals surface area (Å²) in [6.07, 6.45) is 4.76. The molecule has 1 aliphatic carbocycles. The summed E-state index contributed by atoms with van der Waals surface area (Å²) in [5, 5.41) is 3.04. The molecule has 21 heavy (non-hydrogen) atoms. The van der Waals surface area contributed by atoms with Crippen LogP contribution in [0.15, 0.2) is 24.3 Å². The standard InChI is InChI=1S/C18H28N2O/c1-13(2)15-6-8-16(9-7-15)18(10-4-5-11-18)12-20-17(21)14(3)19/h6-9,13-14H,4-5,10-12,19H2,1-3H3,(H,20,21)/t14-/m0/s1. The third-order valence-corrected chi connectivity index (χ3v) is 4.76. The molecule has 0 aromatic heterocycles. The molecule has 2 rings (SSSR count). The topological polar surface area (TPSA) is 55.1 Å². The third kappa shape index (κ3) is 3.65. The molecule has 116 valence electrons. The van der Waals surface area contributed by atoms with Crippen molar-refractivity contribution in [3.05, 3.63) is 35.4 Å². The van der Waals surface area contributed by atoms with Gasteiger partial charge in [-0.2, -0.15) is 0 Å². The normalized spacial score (nSPS) is 18.7. The molecule has 1 saturated carbocycles. The average molecular weight is 288 g/mol. The molecule has 0 spiro atoms. The quantitative estimate of drug-likeness (QED) is 0.875. The molecule has 1 aromatic carbocycles. The van der Waals surface area contributed by atoms with Crippen LogP contribution in [0.4, 0.5) is 0 Å². The van der Waals surface area contributed by atoms with Crippen molar-refractivity contribution in [1.82, 2.24) is 5.32 Å². The summed E-state index contributed by atoms with van der Waals surface area (Å²) < 4.78 is 0. The van der Waals surface area contributed by atoms with E-state index in [4.69, 9.17) is 5.73 Å². The number of amides is 1. The summed E-state index contributed by atoms with van der Waals surface area (Å²) >= 11 is 0. The first kappa shape index (κ1) is 16.0. The number of rotatable bonds is 5. The zero-order valence-electron chi connectivity index (χ0n) is 13.5. The van der Waals surface area contributed by atoms with Gasteiger partial charge in [0.05, 0.1) is 6.04 Å². The number of hydrogen-bond acceptors (Lipinski definition) is 2. The van der Waals surface area contributed by atoms with Crippen molar-refractivity contribution in [2.75, 3.05) is 6.54 Å². The monoisotopic (exact) mass is 288 g/mol. The van der Waals surface area contributed by atoms with Crippen molar-refractivity contribution < 1.29 is 4.79 Å². The van der Waals surface area contributed by atoms with Crippen molar-refractivity contribution in [3.63, 3.8) is 0 Å². The van der Waals surface area contributed by atoms with E-state index in [1.165, 1.54) is 24.0 Å². The minimum absolute atomic E-state index is 0.0555. The van der Waals surface area contributed by atoms with E-state index in [9.17, 15) is 4.79 Å². The van der Waals surface area contributed by atoms with Crippen LogP contribution < -0.4 is 11.1 Å². The van der Waals surface area contributed by atoms with Crippen molar-refractivity contribution in [2.24, 2.45) is 5.73 Å². The SMILES string of the molecule is CC(C)c1ccc(C2(CNC(=O)[C@H](C)N)CCCC2)cc1. The maximum Gasteiger partial charge on any atom is 0.236 e. The van der Waals surface area contributed by atoms with E-state index in [0.717, 1.165) is 12.8 Å². The Balaban J connectivity index is 2.15. The van der Waals surface area contributed by atoms with Crippen LogP contribution in [-0.2, 0) is 10.2 Å². The van der Waals surface area contributed by atoms with Crippen LogP contribution >= 0.6 is 0 Å². The zero-order valence-corrected chi connectivity index (χ0v) is 13.5. The van der Waals surface area contributed by atoms with Gasteiger partial charge in [0.25, 0.3) is 0 Å². The lowest BCUT2D eigenvalue weighted by Crippen LogP contribution is -2.45. The predicted octanol–water partition coefficient (Wildman–Crippen LogP) is 3.09. The van der Waals surface area contributed by atoms with Gasteiger partial charge in [0.2, 0.25) is 5.91 Å². The first-order valence-corrected chi connectivity index (χ1v) is 8.08. The second-order valence-electron chi connectivity index (χ2n) is 6.77. The molecule has 0 bridgehead atoms. The van der Waals surface area contributed by atoms with Gasteiger partial charge >= 0.3 is 0 Å². The van der Waals surface area contributed by atoms with Gasteiger partial charge in [-0.3, -0.25) is 4.79 Å². The van der Waals surface area contributed by atoms with Crippen molar-refractivity contribution in [1.29, 1.82) is 0 Å². The molecule has 0 heterocycles. The smallest absolute Gasteiger partial charge is 0.236 e. The highest BCUT2D eigenvalue weighted by Gasteiger charge is 2.36. The Morgan fingerprint density at radius 1 is 1.19 bits per heavy atom. The van der Waals surface area contributed by atoms with Gasteiger partial charge in [-0.1, -0.05) is 51.0 Å². The van der Waals surface area contributed by atoms with E-state index in [1.54, 1.807) is 6.92 Å². The number of benzene rings is 1. The predicted molar refractivity (Wildman–Crippen MR) is 87.3 cm³/mol. The maximum atomic E-state index is 11.8. The third-order valence-electron chi connectivity index (χ3n) is 4.76. The van der Waals surface area contributed by atoms with Crippen LogP contribution in [0.2, 0.25) is 0 Å². The van der Waals surface area contributed by atoms with Gasteiger partial charge in [-0.05, 0) is 36.8 Å². The molecule has 0 radical (unpaired) electrons. The molecule has 0 unspecified atom stereocenters. The highest BCUT2D eigenvalue weighted by Crippen LogP contribution is 2.41. The van der Waals surface area contributed by atoms with Gasteiger partial charge < -0.3 is 11.1 Å². The average Bonchev–Trinajstić information content (AvgIpc) is 2.94. The molecular weight excluding hydrogens is 260 g/mol. The molecule has 3 N–H and O–H groups in total. The lowest BCUT2D eigenvalue weighted by atomic mass is 9.78. The lowest BCUT2D eigenvalue weighted by Gasteiger charge is -2.30. The summed E-state index contributed by atoms with van der Waals surface area (Å²) in [7, 11) is 0. The van der Waals surface area contributed by atoms with Gasteiger partial charge in [0.1, 0.15) is 0 Å². The van der Waals surface area contributed by atoms with Crippen LogP contribution in [0, 0.1) is 0 Å². The summed E-state index contributed by atoms with van der Waals surface area (Å²) in [6.45, 7) is 6.86. The van der Waals surface area contributed by atoms with E-state index in [2.05, 4.69) is 43.4 Å². The summed E-state index contributed by atoms with van der Waals surface area (Å²) in [5.41, 5.74) is 8.46. The van der Waals surface area contributed by atoms with Crippen LogP contribution in [0.1, 0.15) is 63.5 Å². The fourth-order valence-electron chi connectivity index (χ4n) is 3.26. The number of nitrogens with two attached hydrogens (primary N) is 1. The van der Waals surface area contributed by atoms with Crippen LogP contribution in [0.25, 0.3) is 0 Å². The Kier molecular flexibility index (Phi) is 5.04. The Bertz CT molecular complexity index is 470. The highest BCUT2D eigenvalue weighted by atomic mass is 16.2. The molecule has 3 heteroatoms. The fraction of sp³-hybridized carbons (Fsp3) is 0.611. The van der Waals surface area contributed by atoms with Crippen LogP contribution in [0.3, 0.4) is 0 Å². The molecule has 0 saturated heterocycles. The first-order valence-electron chi connectivity index (χ1n) is 8.08. The molecule has 1 fully saturated rings. The molecule has 1 atom stereocenters. The molecule has 3 nitrogen and oxygen atoms in total. The van der Waals surface area contributed by atoms with E-state index >= 15 is 0 Å². The van der Waals surface area contributed by atoms with Gasteiger partial charge in [-0.25, -0.2) is 0 Å². The van der Waals surface area contributed by atoms with Crippen molar-refractivity contribution >= 4 is 5.91 Å². The summed E-state index contributed by atoms with van der Waals surface area (Å²) in [6, 6.07) is 8.52. The second kappa shape index (κ2) is 6.61. The van der Waals surface area contributed by atoms with Crippen LogP contribution in [0.5, 0.6) is 0 Å². The number of nitrogens with one attached hydrogen (secondary N) is 1. The fourth-order valence-corrected chi connectivity index (χ4v) is 3.26. The van der Waals surface area contributed by atoms with Crippen LogP contribution in [-0.4, -0.2) is 18.5 Å².